The molecule has 0 fully saturated rings. The summed E-state index contributed by atoms with van der Waals surface area (Å²) in [5, 5.41) is 7.98. The van der Waals surface area contributed by atoms with Crippen LogP contribution in [0.1, 0.15) is 25.0 Å². The Balaban J connectivity index is 1.05. The van der Waals surface area contributed by atoms with E-state index in [4.69, 9.17) is 0 Å². The first-order valence-electron chi connectivity index (χ1n) is 17.1. The van der Waals surface area contributed by atoms with Crippen LogP contribution in [0, 0.1) is 0 Å². The van der Waals surface area contributed by atoms with E-state index in [9.17, 15) is 0 Å². The Labute approximate surface area is 286 Å². The third-order valence-corrected chi connectivity index (χ3v) is 10.7. The van der Waals surface area contributed by atoms with E-state index >= 15 is 0 Å². The van der Waals surface area contributed by atoms with E-state index in [-0.39, 0.29) is 5.41 Å². The molecule has 1 aromatic heterocycles. The van der Waals surface area contributed by atoms with Gasteiger partial charge in [-0.05, 0) is 104 Å². The molecular weight excluding hydrogens is 593 g/mol. The number of rotatable bonds is 5. The molecule has 0 unspecified atom stereocenters. The van der Waals surface area contributed by atoms with Crippen LogP contribution in [0.2, 0.25) is 0 Å². The van der Waals surface area contributed by atoms with Gasteiger partial charge in [-0.25, -0.2) is 0 Å². The van der Waals surface area contributed by atoms with Crippen LogP contribution in [0.5, 0.6) is 0 Å². The summed E-state index contributed by atoms with van der Waals surface area (Å²) in [7, 11) is 0. The molecule has 10 rings (SSSR count). The largest absolute Gasteiger partial charge is 0.310 e. The topological polar surface area (TPSA) is 8.17 Å². The van der Waals surface area contributed by atoms with Gasteiger partial charge in [-0.3, -0.25) is 0 Å². The smallest absolute Gasteiger partial charge is 0.0541 e. The molecule has 0 bridgehead atoms. The fraction of sp³-hybridized carbons (Fsp3) is 0.0638. The number of nitrogens with zero attached hydrogens (tertiary/aromatic N) is 2. The fourth-order valence-corrected chi connectivity index (χ4v) is 8.35. The monoisotopic (exact) mass is 626 g/mol. The highest BCUT2D eigenvalue weighted by molar-refractivity contribution is 6.16. The first-order chi connectivity index (χ1) is 24.1. The summed E-state index contributed by atoms with van der Waals surface area (Å²) in [6, 6.07) is 62.2. The van der Waals surface area contributed by atoms with Gasteiger partial charge in [0.1, 0.15) is 0 Å². The molecule has 0 aliphatic heterocycles. The van der Waals surface area contributed by atoms with E-state index in [1.807, 2.05) is 0 Å². The van der Waals surface area contributed by atoms with Gasteiger partial charge in [-0.1, -0.05) is 123 Å². The molecule has 0 saturated heterocycles. The molecule has 1 heterocycles. The number of hydrogen-bond donors (Lipinski definition) is 0. The maximum Gasteiger partial charge on any atom is 0.0541 e. The Hall–Kier alpha value is -6.12. The lowest BCUT2D eigenvalue weighted by atomic mass is 9.81. The van der Waals surface area contributed by atoms with E-state index in [1.54, 1.807) is 0 Å². The maximum atomic E-state index is 2.43. The van der Waals surface area contributed by atoms with Crippen LogP contribution >= 0.6 is 0 Å². The molecule has 0 radical (unpaired) electrons. The standard InChI is InChI=1S/C47H34N2/c1-47(2)41-16-10-11-33-19-20-34-29-38(30-42(47)46(34)45(33)41)48(35-12-4-3-5-13-35)36-25-21-31(22-26-36)32-23-27-37(28-24-32)49-43-17-8-6-14-39(43)40-15-7-9-18-44(40)49/h3-30H,1-2H3. The van der Waals surface area contributed by atoms with Gasteiger partial charge < -0.3 is 9.47 Å². The van der Waals surface area contributed by atoms with E-state index in [2.05, 4.69) is 193 Å². The molecule has 49 heavy (non-hydrogen) atoms. The molecule has 1 aliphatic rings. The van der Waals surface area contributed by atoms with Gasteiger partial charge in [0.05, 0.1) is 11.0 Å². The molecule has 0 saturated carbocycles. The van der Waals surface area contributed by atoms with Gasteiger partial charge in [-0.2, -0.15) is 0 Å². The quantitative estimate of drug-likeness (QED) is 0.173. The molecule has 9 aromatic rings. The number of fused-ring (bicyclic) bond motifs is 3. The number of aromatic nitrogens is 1. The first-order valence-corrected chi connectivity index (χ1v) is 17.1. The molecule has 0 N–H and O–H groups in total. The second kappa shape index (κ2) is 10.4. The highest BCUT2D eigenvalue weighted by Gasteiger charge is 2.34. The van der Waals surface area contributed by atoms with Crippen molar-refractivity contribution in [3.05, 3.63) is 181 Å². The molecule has 0 spiro atoms. The normalized spacial score (nSPS) is 13.3. The van der Waals surface area contributed by atoms with Crippen molar-refractivity contribution in [1.29, 1.82) is 0 Å². The minimum Gasteiger partial charge on any atom is -0.310 e. The van der Waals surface area contributed by atoms with Crippen LogP contribution in [0.3, 0.4) is 0 Å². The zero-order chi connectivity index (χ0) is 32.7. The van der Waals surface area contributed by atoms with Crippen LogP contribution in [0.25, 0.3) is 60.2 Å². The van der Waals surface area contributed by atoms with E-state index in [0.29, 0.717) is 0 Å². The van der Waals surface area contributed by atoms with E-state index in [1.165, 1.54) is 77.0 Å². The molecule has 2 nitrogen and oxygen atoms in total. The summed E-state index contributed by atoms with van der Waals surface area (Å²) in [6.07, 6.45) is 0. The molecule has 0 atom stereocenters. The third kappa shape index (κ3) is 4.14. The second-order valence-electron chi connectivity index (χ2n) is 13.8. The predicted octanol–water partition coefficient (Wildman–Crippen LogP) is 12.9. The Morgan fingerprint density at radius 2 is 1.00 bits per heavy atom. The van der Waals surface area contributed by atoms with Gasteiger partial charge >= 0.3 is 0 Å². The Morgan fingerprint density at radius 3 is 1.69 bits per heavy atom. The zero-order valence-electron chi connectivity index (χ0n) is 27.6. The van der Waals surface area contributed by atoms with Crippen LogP contribution < -0.4 is 4.90 Å². The molecule has 8 aromatic carbocycles. The average Bonchev–Trinajstić information content (AvgIpc) is 3.61. The molecule has 1 aliphatic carbocycles. The maximum absolute atomic E-state index is 2.43. The lowest BCUT2D eigenvalue weighted by molar-refractivity contribution is 0.663. The molecule has 0 amide bonds. The lowest BCUT2D eigenvalue weighted by Gasteiger charge is -2.28. The second-order valence-corrected chi connectivity index (χ2v) is 13.8. The van der Waals surface area contributed by atoms with Gasteiger partial charge in [0.25, 0.3) is 0 Å². The van der Waals surface area contributed by atoms with Crippen molar-refractivity contribution >= 4 is 60.4 Å². The van der Waals surface area contributed by atoms with Gasteiger partial charge in [-0.15, -0.1) is 0 Å². The van der Waals surface area contributed by atoms with Crippen molar-refractivity contribution in [1.82, 2.24) is 4.57 Å². The van der Waals surface area contributed by atoms with Crippen molar-refractivity contribution in [2.24, 2.45) is 0 Å². The van der Waals surface area contributed by atoms with Crippen molar-refractivity contribution in [3.63, 3.8) is 0 Å². The third-order valence-electron chi connectivity index (χ3n) is 10.7. The minimum absolute atomic E-state index is 0.0743. The number of anilines is 3. The Kier molecular flexibility index (Phi) is 5.95. The lowest BCUT2D eigenvalue weighted by Crippen LogP contribution is -2.16. The van der Waals surface area contributed by atoms with Crippen molar-refractivity contribution in [2.45, 2.75) is 19.3 Å². The van der Waals surface area contributed by atoms with E-state index in [0.717, 1.165) is 11.4 Å². The highest BCUT2D eigenvalue weighted by Crippen LogP contribution is 2.51. The fourth-order valence-electron chi connectivity index (χ4n) is 8.35. The van der Waals surface area contributed by atoms with Crippen LogP contribution in [0.4, 0.5) is 17.1 Å². The number of para-hydroxylation sites is 3. The summed E-state index contributed by atoms with van der Waals surface area (Å²) in [5.41, 5.74) is 12.2. The van der Waals surface area contributed by atoms with E-state index < -0.39 is 0 Å². The van der Waals surface area contributed by atoms with Crippen molar-refractivity contribution < 1.29 is 0 Å². The van der Waals surface area contributed by atoms with Crippen LogP contribution in [-0.2, 0) is 5.41 Å². The van der Waals surface area contributed by atoms with Gasteiger partial charge in [0.15, 0.2) is 0 Å². The summed E-state index contributed by atoms with van der Waals surface area (Å²) >= 11 is 0. The summed E-state index contributed by atoms with van der Waals surface area (Å²) in [5.74, 6) is 0. The molecular formula is C47H34N2. The van der Waals surface area contributed by atoms with Crippen molar-refractivity contribution in [2.75, 3.05) is 4.90 Å². The average molecular weight is 627 g/mol. The minimum atomic E-state index is -0.0743. The SMILES string of the molecule is CC1(C)c2cccc3ccc4cc(N(c5ccccc5)c5ccc(-c6ccc(-n7c8ccccc8c8ccccc87)cc6)cc5)cc1c4c23. The number of benzene rings is 8. The van der Waals surface area contributed by atoms with Crippen LogP contribution in [-0.4, -0.2) is 4.57 Å². The first kappa shape index (κ1) is 27.9. The van der Waals surface area contributed by atoms with Crippen LogP contribution in [0.15, 0.2) is 170 Å². The summed E-state index contributed by atoms with van der Waals surface area (Å²) in [6.45, 7) is 4.74. The summed E-state index contributed by atoms with van der Waals surface area (Å²) in [4.78, 5) is 2.40. The number of hydrogen-bond acceptors (Lipinski definition) is 1. The van der Waals surface area contributed by atoms with Crippen molar-refractivity contribution in [3.8, 4) is 16.8 Å². The molecule has 2 heteroatoms. The van der Waals surface area contributed by atoms with Gasteiger partial charge in [0, 0.05) is 38.9 Å². The molecule has 232 valence electrons. The summed E-state index contributed by atoms with van der Waals surface area (Å²) < 4.78 is 2.37. The zero-order valence-corrected chi connectivity index (χ0v) is 27.6. The highest BCUT2D eigenvalue weighted by atomic mass is 15.1. The predicted molar refractivity (Wildman–Crippen MR) is 208 cm³/mol. The Morgan fingerprint density at radius 1 is 0.429 bits per heavy atom. The van der Waals surface area contributed by atoms with Gasteiger partial charge in [0.2, 0.25) is 0 Å². The Bertz CT molecular complexity index is 2660.